The minimum Gasteiger partial charge on any atom is -0.508 e. The van der Waals surface area contributed by atoms with Crippen molar-refractivity contribution in [2.45, 2.75) is 39.0 Å². The van der Waals surface area contributed by atoms with Crippen LogP contribution in [0.5, 0.6) is 11.5 Å². The number of benzene rings is 2. The molecule has 0 unspecified atom stereocenters. The topological polar surface area (TPSA) is 74.1 Å². The van der Waals surface area contributed by atoms with Crippen LogP contribution in [0.4, 0.5) is 0 Å². The van der Waals surface area contributed by atoms with E-state index in [1.54, 1.807) is 6.07 Å². The zero-order valence-corrected chi connectivity index (χ0v) is 15.6. The van der Waals surface area contributed by atoms with E-state index in [-0.39, 0.29) is 17.4 Å². The number of phenols is 2. The molecule has 0 bridgehead atoms. The fraction of sp³-hybridized carbons (Fsp3) is 0.300. The van der Waals surface area contributed by atoms with Gasteiger partial charge in [0, 0.05) is 6.07 Å². The van der Waals surface area contributed by atoms with Gasteiger partial charge in [0.2, 0.25) is 0 Å². The van der Waals surface area contributed by atoms with Gasteiger partial charge in [0.1, 0.15) is 11.5 Å². The largest absolute Gasteiger partial charge is 0.508 e. The number of aryl methyl sites for hydroxylation is 2. The lowest BCUT2D eigenvalue weighted by Crippen LogP contribution is -2.00. The van der Waals surface area contributed by atoms with E-state index in [4.69, 9.17) is 12.2 Å². The van der Waals surface area contributed by atoms with E-state index in [1.807, 2.05) is 24.5 Å². The lowest BCUT2D eigenvalue weighted by Gasteiger charge is -2.14. The average molecular weight is 367 g/mol. The fourth-order valence-electron chi connectivity index (χ4n) is 3.65. The third kappa shape index (κ3) is 2.70. The third-order valence-corrected chi connectivity index (χ3v) is 5.29. The second kappa shape index (κ2) is 6.29. The first kappa shape index (κ1) is 16.8. The Hall–Kier alpha value is -2.60. The highest BCUT2D eigenvalue weighted by molar-refractivity contribution is 7.71. The molecule has 0 amide bonds. The summed E-state index contributed by atoms with van der Waals surface area (Å²) in [6.45, 7) is 3.99. The molecule has 0 saturated carbocycles. The van der Waals surface area contributed by atoms with E-state index in [2.05, 4.69) is 22.3 Å². The molecular formula is C20H21N3O2S. The molecule has 0 fully saturated rings. The molecule has 2 aromatic carbocycles. The molecule has 1 aliphatic rings. The van der Waals surface area contributed by atoms with Crippen molar-refractivity contribution < 1.29 is 10.2 Å². The standard InChI is InChI=1S/C20H21N3O2S/c1-11(2)15-9-16(18(25)10-17(15)24)19-21-22-20(26)23(19)14-7-6-12-4-3-5-13(12)8-14/h6-11,24-25H,3-5H2,1-2H3,(H,22,26). The number of phenolic OH excluding ortho intramolecular Hbond substituents is 2. The second-order valence-corrected chi connectivity index (χ2v) is 7.46. The summed E-state index contributed by atoms with van der Waals surface area (Å²) in [5.41, 5.74) is 4.96. The summed E-state index contributed by atoms with van der Waals surface area (Å²) in [5.74, 6) is 0.708. The highest BCUT2D eigenvalue weighted by atomic mass is 32.1. The number of rotatable bonds is 3. The van der Waals surface area contributed by atoms with Crippen LogP contribution in [0.1, 0.15) is 42.9 Å². The van der Waals surface area contributed by atoms with Gasteiger partial charge in [-0.25, -0.2) is 0 Å². The van der Waals surface area contributed by atoms with Gasteiger partial charge in [-0.15, -0.1) is 0 Å². The Morgan fingerprint density at radius 1 is 1.08 bits per heavy atom. The van der Waals surface area contributed by atoms with Crippen molar-refractivity contribution >= 4 is 12.2 Å². The number of hydrogen-bond acceptors (Lipinski definition) is 4. The third-order valence-electron chi connectivity index (χ3n) is 5.02. The van der Waals surface area contributed by atoms with Gasteiger partial charge in [0.25, 0.3) is 0 Å². The van der Waals surface area contributed by atoms with Gasteiger partial charge in [-0.2, -0.15) is 5.10 Å². The van der Waals surface area contributed by atoms with Gasteiger partial charge in [0.05, 0.1) is 11.3 Å². The molecule has 1 heterocycles. The molecule has 3 N–H and O–H groups in total. The van der Waals surface area contributed by atoms with Gasteiger partial charge >= 0.3 is 0 Å². The minimum absolute atomic E-state index is 0.0247. The van der Waals surface area contributed by atoms with Crippen LogP contribution in [0.3, 0.4) is 0 Å². The molecule has 5 nitrogen and oxygen atoms in total. The molecule has 3 aromatic rings. The summed E-state index contributed by atoms with van der Waals surface area (Å²) in [5, 5.41) is 27.7. The van der Waals surface area contributed by atoms with Crippen LogP contribution in [0.15, 0.2) is 30.3 Å². The predicted octanol–water partition coefficient (Wildman–Crippen LogP) is 4.62. The number of hydrogen-bond donors (Lipinski definition) is 3. The van der Waals surface area contributed by atoms with Crippen molar-refractivity contribution in [3.05, 3.63) is 51.8 Å². The van der Waals surface area contributed by atoms with Crippen LogP contribution < -0.4 is 0 Å². The molecule has 0 aliphatic heterocycles. The summed E-state index contributed by atoms with van der Waals surface area (Å²) in [7, 11) is 0. The Bertz CT molecular complexity index is 1050. The van der Waals surface area contributed by atoms with Gasteiger partial charge < -0.3 is 10.2 Å². The number of nitrogens with zero attached hydrogens (tertiary/aromatic N) is 2. The first-order chi connectivity index (χ1) is 12.5. The SMILES string of the molecule is CC(C)c1cc(-c2n[nH]c(=S)n2-c2ccc3c(c2)CCC3)c(O)cc1O. The van der Waals surface area contributed by atoms with Crippen molar-refractivity contribution in [3.8, 4) is 28.6 Å². The zero-order valence-electron chi connectivity index (χ0n) is 14.8. The zero-order chi connectivity index (χ0) is 18.4. The smallest absolute Gasteiger partial charge is 0.200 e. The highest BCUT2D eigenvalue weighted by Crippen LogP contribution is 2.38. The maximum atomic E-state index is 10.4. The maximum absolute atomic E-state index is 10.4. The van der Waals surface area contributed by atoms with E-state index in [1.165, 1.54) is 23.6 Å². The van der Waals surface area contributed by atoms with Crippen molar-refractivity contribution in [2.24, 2.45) is 0 Å². The van der Waals surface area contributed by atoms with Gasteiger partial charge in [-0.3, -0.25) is 9.67 Å². The van der Waals surface area contributed by atoms with Crippen molar-refractivity contribution in [2.75, 3.05) is 0 Å². The fourth-order valence-corrected chi connectivity index (χ4v) is 3.89. The summed E-state index contributed by atoms with van der Waals surface area (Å²) < 4.78 is 2.31. The highest BCUT2D eigenvalue weighted by Gasteiger charge is 2.19. The number of fused-ring (bicyclic) bond motifs is 1. The molecule has 0 spiro atoms. The number of nitrogens with one attached hydrogen (secondary N) is 1. The monoisotopic (exact) mass is 367 g/mol. The molecule has 1 aliphatic carbocycles. The Kier molecular flexibility index (Phi) is 4.07. The van der Waals surface area contributed by atoms with E-state index in [9.17, 15) is 10.2 Å². The summed E-state index contributed by atoms with van der Waals surface area (Å²) in [4.78, 5) is 0. The Balaban J connectivity index is 1.91. The normalized spacial score (nSPS) is 13.3. The number of aromatic amines is 1. The van der Waals surface area contributed by atoms with E-state index in [0.717, 1.165) is 24.1 Å². The predicted molar refractivity (Wildman–Crippen MR) is 104 cm³/mol. The van der Waals surface area contributed by atoms with Crippen LogP contribution in [0.2, 0.25) is 0 Å². The molecule has 0 saturated heterocycles. The van der Waals surface area contributed by atoms with Gasteiger partial charge in [-0.1, -0.05) is 19.9 Å². The molecule has 6 heteroatoms. The molecule has 0 atom stereocenters. The molecule has 4 rings (SSSR count). The van der Waals surface area contributed by atoms with Crippen molar-refractivity contribution in [1.29, 1.82) is 0 Å². The summed E-state index contributed by atoms with van der Waals surface area (Å²) >= 11 is 5.45. The van der Waals surface area contributed by atoms with E-state index < -0.39 is 0 Å². The Labute approximate surface area is 157 Å². The minimum atomic E-state index is -0.0247. The van der Waals surface area contributed by atoms with Crippen LogP contribution >= 0.6 is 12.2 Å². The van der Waals surface area contributed by atoms with E-state index >= 15 is 0 Å². The van der Waals surface area contributed by atoms with E-state index in [0.29, 0.717) is 16.2 Å². The lowest BCUT2D eigenvalue weighted by molar-refractivity contribution is 0.444. The molecule has 134 valence electrons. The molecular weight excluding hydrogens is 346 g/mol. The van der Waals surface area contributed by atoms with Crippen LogP contribution in [0, 0.1) is 4.77 Å². The Morgan fingerprint density at radius 3 is 2.62 bits per heavy atom. The second-order valence-electron chi connectivity index (χ2n) is 7.08. The lowest BCUT2D eigenvalue weighted by atomic mass is 9.98. The van der Waals surface area contributed by atoms with Gasteiger partial charge in [-0.05, 0) is 72.3 Å². The van der Waals surface area contributed by atoms with Crippen molar-refractivity contribution in [1.82, 2.24) is 14.8 Å². The number of aromatic hydroxyl groups is 2. The molecule has 26 heavy (non-hydrogen) atoms. The maximum Gasteiger partial charge on any atom is 0.200 e. The van der Waals surface area contributed by atoms with Crippen molar-refractivity contribution in [3.63, 3.8) is 0 Å². The van der Waals surface area contributed by atoms with Crippen LogP contribution in [-0.2, 0) is 12.8 Å². The van der Waals surface area contributed by atoms with Crippen LogP contribution in [0.25, 0.3) is 17.1 Å². The van der Waals surface area contributed by atoms with Gasteiger partial charge in [0.15, 0.2) is 10.6 Å². The number of H-pyrrole nitrogens is 1. The average Bonchev–Trinajstić information content (AvgIpc) is 3.20. The first-order valence-corrected chi connectivity index (χ1v) is 9.22. The summed E-state index contributed by atoms with van der Waals surface area (Å²) in [6, 6.07) is 9.49. The first-order valence-electron chi connectivity index (χ1n) is 8.81. The quantitative estimate of drug-likeness (QED) is 0.591. The molecule has 0 radical (unpaired) electrons. The van der Waals surface area contributed by atoms with Crippen LogP contribution in [-0.4, -0.2) is 25.0 Å². The number of aromatic nitrogens is 3. The summed E-state index contributed by atoms with van der Waals surface area (Å²) in [6.07, 6.45) is 3.38. The Morgan fingerprint density at radius 2 is 1.85 bits per heavy atom. The molecule has 1 aromatic heterocycles.